The van der Waals surface area contributed by atoms with E-state index in [-0.39, 0.29) is 36.3 Å². The standard InChI is InChI=1S/C20H27F2N5O.HI/c1-3-24-20(25-12-16-6-4-5-7-18(16)28-19(21)22)26-10-8-15(2)17(13-26)27-11-9-23-14-27;/h4-7,9,11,14-15,17,19H,3,8,10,12-13H2,1-2H3,(H,24,25);1H. The second kappa shape index (κ2) is 11.3. The van der Waals surface area contributed by atoms with E-state index in [1.165, 1.54) is 0 Å². The number of likely N-dealkylation sites (tertiary alicyclic amines) is 1. The number of imidazole rings is 1. The Balaban J connectivity index is 0.00000300. The molecule has 2 atom stereocenters. The van der Waals surface area contributed by atoms with Crippen molar-refractivity contribution in [3.8, 4) is 5.75 Å². The lowest BCUT2D eigenvalue weighted by Gasteiger charge is -2.39. The molecule has 2 aromatic rings. The molecule has 1 saturated heterocycles. The van der Waals surface area contributed by atoms with E-state index < -0.39 is 6.61 Å². The number of nitrogens with zero attached hydrogens (tertiary/aromatic N) is 4. The number of hydrogen-bond acceptors (Lipinski definition) is 3. The number of para-hydroxylation sites is 1. The first-order valence-corrected chi connectivity index (χ1v) is 9.62. The van der Waals surface area contributed by atoms with Gasteiger partial charge in [0.05, 0.1) is 18.9 Å². The molecule has 0 saturated carbocycles. The Labute approximate surface area is 187 Å². The number of halogens is 3. The van der Waals surface area contributed by atoms with Crippen LogP contribution in [0.15, 0.2) is 48.0 Å². The topological polar surface area (TPSA) is 54.7 Å². The number of guanidine groups is 1. The summed E-state index contributed by atoms with van der Waals surface area (Å²) in [6.45, 7) is 4.14. The molecule has 1 aromatic heterocycles. The maximum atomic E-state index is 12.6. The van der Waals surface area contributed by atoms with Crippen molar-refractivity contribution in [2.24, 2.45) is 10.9 Å². The quantitative estimate of drug-likeness (QED) is 0.354. The minimum Gasteiger partial charge on any atom is -0.434 e. The highest BCUT2D eigenvalue weighted by atomic mass is 127. The number of ether oxygens (including phenoxy) is 1. The molecule has 3 rings (SSSR count). The molecule has 9 heteroatoms. The van der Waals surface area contributed by atoms with Crippen molar-refractivity contribution in [3.63, 3.8) is 0 Å². The van der Waals surface area contributed by atoms with Crippen molar-refractivity contribution in [3.05, 3.63) is 48.5 Å². The molecule has 2 heterocycles. The lowest BCUT2D eigenvalue weighted by molar-refractivity contribution is -0.0504. The van der Waals surface area contributed by atoms with Gasteiger partial charge in [0.1, 0.15) is 5.75 Å². The summed E-state index contributed by atoms with van der Waals surface area (Å²) in [6.07, 6.45) is 6.68. The molecule has 0 spiro atoms. The van der Waals surface area contributed by atoms with Crippen molar-refractivity contribution < 1.29 is 13.5 Å². The van der Waals surface area contributed by atoms with Crippen LogP contribution in [0.5, 0.6) is 5.75 Å². The predicted molar refractivity (Wildman–Crippen MR) is 120 cm³/mol. The van der Waals surface area contributed by atoms with E-state index in [1.807, 2.05) is 19.4 Å². The van der Waals surface area contributed by atoms with Crippen LogP contribution in [0.2, 0.25) is 0 Å². The molecule has 1 N–H and O–H groups in total. The van der Waals surface area contributed by atoms with Gasteiger partial charge in [0.25, 0.3) is 0 Å². The molecular formula is C20H28F2IN5O. The SMILES string of the molecule is CCNC(=NCc1ccccc1OC(F)F)N1CCC(C)C(n2ccnc2)C1.I. The summed E-state index contributed by atoms with van der Waals surface area (Å²) in [6, 6.07) is 7.10. The van der Waals surface area contributed by atoms with E-state index in [0.717, 1.165) is 32.0 Å². The number of aromatic nitrogens is 2. The Morgan fingerprint density at radius 1 is 1.38 bits per heavy atom. The first kappa shape index (κ1) is 23.4. The molecule has 29 heavy (non-hydrogen) atoms. The Morgan fingerprint density at radius 3 is 2.86 bits per heavy atom. The molecule has 1 fully saturated rings. The number of aliphatic imine (C=N–C) groups is 1. The number of alkyl halides is 2. The minimum absolute atomic E-state index is 0. The van der Waals surface area contributed by atoms with Crippen LogP contribution in [-0.2, 0) is 6.54 Å². The third-order valence-electron chi connectivity index (χ3n) is 5.05. The van der Waals surface area contributed by atoms with E-state index >= 15 is 0 Å². The van der Waals surface area contributed by atoms with Crippen molar-refractivity contribution >= 4 is 29.9 Å². The molecule has 2 unspecified atom stereocenters. The van der Waals surface area contributed by atoms with Crippen LogP contribution in [0.25, 0.3) is 0 Å². The third-order valence-corrected chi connectivity index (χ3v) is 5.05. The fraction of sp³-hybridized carbons (Fsp3) is 0.500. The molecule has 1 aliphatic rings. The number of piperidine rings is 1. The summed E-state index contributed by atoms with van der Waals surface area (Å²) in [5, 5.41) is 3.33. The molecule has 0 aliphatic carbocycles. The van der Waals surface area contributed by atoms with Crippen LogP contribution >= 0.6 is 24.0 Å². The van der Waals surface area contributed by atoms with Crippen molar-refractivity contribution in [2.75, 3.05) is 19.6 Å². The van der Waals surface area contributed by atoms with Gasteiger partial charge in [0, 0.05) is 37.6 Å². The highest BCUT2D eigenvalue weighted by Gasteiger charge is 2.28. The monoisotopic (exact) mass is 519 g/mol. The molecule has 1 aliphatic heterocycles. The van der Waals surface area contributed by atoms with Crippen LogP contribution < -0.4 is 10.1 Å². The summed E-state index contributed by atoms with van der Waals surface area (Å²) < 4.78 is 32.0. The van der Waals surface area contributed by atoms with Gasteiger partial charge in [-0.25, -0.2) is 9.98 Å². The van der Waals surface area contributed by atoms with Gasteiger partial charge in [-0.3, -0.25) is 0 Å². The second-order valence-corrected chi connectivity index (χ2v) is 6.95. The van der Waals surface area contributed by atoms with E-state index in [1.54, 1.807) is 30.5 Å². The summed E-state index contributed by atoms with van der Waals surface area (Å²) in [7, 11) is 0. The zero-order chi connectivity index (χ0) is 19.9. The van der Waals surface area contributed by atoms with Crippen LogP contribution in [0.4, 0.5) is 8.78 Å². The van der Waals surface area contributed by atoms with Crippen molar-refractivity contribution in [1.29, 1.82) is 0 Å². The van der Waals surface area contributed by atoms with Crippen LogP contribution in [0.1, 0.15) is 31.9 Å². The lowest BCUT2D eigenvalue weighted by atomic mass is 9.93. The summed E-state index contributed by atoms with van der Waals surface area (Å²) >= 11 is 0. The Bertz CT molecular complexity index is 772. The molecule has 0 radical (unpaired) electrons. The molecule has 6 nitrogen and oxygen atoms in total. The van der Waals surface area contributed by atoms with Gasteiger partial charge < -0.3 is 19.5 Å². The Hall–Kier alpha value is -1.91. The fourth-order valence-electron chi connectivity index (χ4n) is 3.53. The number of hydrogen-bond donors (Lipinski definition) is 1. The van der Waals surface area contributed by atoms with Gasteiger partial charge in [0.15, 0.2) is 5.96 Å². The summed E-state index contributed by atoms with van der Waals surface area (Å²) in [5.74, 6) is 1.49. The average molecular weight is 519 g/mol. The second-order valence-electron chi connectivity index (χ2n) is 6.95. The molecular weight excluding hydrogens is 491 g/mol. The van der Waals surface area contributed by atoms with Gasteiger partial charge in [-0.15, -0.1) is 24.0 Å². The number of benzene rings is 1. The van der Waals surface area contributed by atoms with Crippen LogP contribution in [0.3, 0.4) is 0 Å². The van der Waals surface area contributed by atoms with Gasteiger partial charge in [-0.2, -0.15) is 8.78 Å². The Morgan fingerprint density at radius 2 is 2.17 bits per heavy atom. The minimum atomic E-state index is -2.85. The highest BCUT2D eigenvalue weighted by molar-refractivity contribution is 14.0. The summed E-state index contributed by atoms with van der Waals surface area (Å²) in [4.78, 5) is 11.1. The van der Waals surface area contributed by atoms with Crippen LogP contribution in [-0.4, -0.2) is 46.7 Å². The number of nitrogens with one attached hydrogen (secondary N) is 1. The lowest BCUT2D eigenvalue weighted by Crippen LogP contribution is -2.49. The van der Waals surface area contributed by atoms with Gasteiger partial charge in [-0.05, 0) is 25.3 Å². The summed E-state index contributed by atoms with van der Waals surface area (Å²) in [5.41, 5.74) is 0.634. The fourth-order valence-corrected chi connectivity index (χ4v) is 3.53. The zero-order valence-corrected chi connectivity index (χ0v) is 19.0. The van der Waals surface area contributed by atoms with Gasteiger partial charge in [0.2, 0.25) is 0 Å². The van der Waals surface area contributed by atoms with E-state index in [0.29, 0.717) is 17.5 Å². The molecule has 0 amide bonds. The van der Waals surface area contributed by atoms with E-state index in [4.69, 9.17) is 4.99 Å². The first-order chi connectivity index (χ1) is 13.6. The third kappa shape index (κ3) is 6.28. The zero-order valence-electron chi connectivity index (χ0n) is 16.7. The first-order valence-electron chi connectivity index (χ1n) is 9.62. The number of rotatable bonds is 6. The Kier molecular flexibility index (Phi) is 9.12. The normalized spacial score (nSPS) is 19.8. The van der Waals surface area contributed by atoms with Crippen molar-refractivity contribution in [2.45, 2.75) is 39.5 Å². The highest BCUT2D eigenvalue weighted by Crippen LogP contribution is 2.27. The van der Waals surface area contributed by atoms with Gasteiger partial charge >= 0.3 is 6.61 Å². The molecule has 0 bridgehead atoms. The van der Waals surface area contributed by atoms with E-state index in [9.17, 15) is 8.78 Å². The van der Waals surface area contributed by atoms with Gasteiger partial charge in [-0.1, -0.05) is 25.1 Å². The largest absolute Gasteiger partial charge is 0.434 e. The van der Waals surface area contributed by atoms with Crippen molar-refractivity contribution in [1.82, 2.24) is 19.8 Å². The van der Waals surface area contributed by atoms with E-state index in [2.05, 4.69) is 31.4 Å². The molecule has 1 aromatic carbocycles. The molecule has 160 valence electrons. The maximum absolute atomic E-state index is 12.6. The average Bonchev–Trinajstić information content (AvgIpc) is 3.21. The van der Waals surface area contributed by atoms with Crippen LogP contribution in [0, 0.1) is 5.92 Å². The predicted octanol–water partition coefficient (Wildman–Crippen LogP) is 4.15. The smallest absolute Gasteiger partial charge is 0.387 e. The maximum Gasteiger partial charge on any atom is 0.387 e.